The fourth-order valence-electron chi connectivity index (χ4n) is 3.39. The first-order valence-corrected chi connectivity index (χ1v) is 8.56. The molecule has 1 aliphatic carbocycles. The third-order valence-corrected chi connectivity index (χ3v) is 5.02. The normalized spacial score (nSPS) is 27.9. The van der Waals surface area contributed by atoms with Gasteiger partial charge in [-0.3, -0.25) is 0 Å². The van der Waals surface area contributed by atoms with E-state index < -0.39 is 0 Å². The predicted octanol–water partition coefficient (Wildman–Crippen LogP) is 3.59. The number of thiophene rings is 1. The van der Waals surface area contributed by atoms with Crippen LogP contribution in [-0.2, 0) is 6.54 Å². The van der Waals surface area contributed by atoms with Crippen molar-refractivity contribution in [3.63, 3.8) is 0 Å². The van der Waals surface area contributed by atoms with Crippen molar-refractivity contribution in [1.82, 2.24) is 10.2 Å². The Bertz CT molecular complexity index is 350. The Morgan fingerprint density at radius 1 is 1.42 bits per heavy atom. The highest BCUT2D eigenvalue weighted by molar-refractivity contribution is 7.07. The minimum atomic E-state index is 0.728. The summed E-state index contributed by atoms with van der Waals surface area (Å²) in [6, 6.07) is 2.97. The Labute approximate surface area is 122 Å². The number of nitrogens with zero attached hydrogens (tertiary/aromatic N) is 1. The van der Waals surface area contributed by atoms with Crippen LogP contribution in [0, 0.1) is 11.8 Å². The highest BCUT2D eigenvalue weighted by atomic mass is 32.1. The largest absolute Gasteiger partial charge is 0.314 e. The van der Waals surface area contributed by atoms with Gasteiger partial charge in [-0.25, -0.2) is 0 Å². The van der Waals surface area contributed by atoms with Gasteiger partial charge in [0.25, 0.3) is 0 Å². The van der Waals surface area contributed by atoms with E-state index in [2.05, 4.69) is 47.9 Å². The molecule has 0 saturated heterocycles. The van der Waals surface area contributed by atoms with Crippen LogP contribution in [0.3, 0.4) is 0 Å². The van der Waals surface area contributed by atoms with E-state index in [0.29, 0.717) is 0 Å². The molecule has 108 valence electrons. The number of hydrogen-bond acceptors (Lipinski definition) is 3. The lowest BCUT2D eigenvalue weighted by Crippen LogP contribution is -2.44. The van der Waals surface area contributed by atoms with Gasteiger partial charge in [0.2, 0.25) is 0 Å². The average molecular weight is 280 g/mol. The maximum atomic E-state index is 3.69. The van der Waals surface area contributed by atoms with Crippen molar-refractivity contribution in [3.8, 4) is 0 Å². The minimum absolute atomic E-state index is 0.728. The lowest BCUT2D eigenvalue weighted by molar-refractivity contribution is 0.158. The molecule has 3 heteroatoms. The first-order valence-electron chi connectivity index (χ1n) is 7.62. The predicted molar refractivity (Wildman–Crippen MR) is 84.6 cm³/mol. The van der Waals surface area contributed by atoms with Crippen molar-refractivity contribution in [3.05, 3.63) is 22.4 Å². The Morgan fingerprint density at radius 3 is 2.95 bits per heavy atom. The van der Waals surface area contributed by atoms with E-state index in [9.17, 15) is 0 Å². The summed E-state index contributed by atoms with van der Waals surface area (Å²) < 4.78 is 0. The van der Waals surface area contributed by atoms with Crippen molar-refractivity contribution in [2.45, 2.75) is 45.7 Å². The molecule has 2 nitrogen and oxygen atoms in total. The standard InChI is InChI=1S/C16H28N2S/c1-4-17-16-6-5-13(2)9-15(16)11-18(3)10-14-7-8-19-12-14/h7-8,12-13,15-17H,4-6,9-11H2,1-3H3. The second kappa shape index (κ2) is 7.41. The zero-order valence-corrected chi connectivity index (χ0v) is 13.4. The monoisotopic (exact) mass is 280 g/mol. The van der Waals surface area contributed by atoms with Gasteiger partial charge in [0.1, 0.15) is 0 Å². The molecular weight excluding hydrogens is 252 g/mol. The van der Waals surface area contributed by atoms with E-state index in [4.69, 9.17) is 0 Å². The van der Waals surface area contributed by atoms with Crippen LogP contribution in [0.2, 0.25) is 0 Å². The zero-order valence-electron chi connectivity index (χ0n) is 12.6. The topological polar surface area (TPSA) is 15.3 Å². The molecule has 1 aromatic rings. The third-order valence-electron chi connectivity index (χ3n) is 4.29. The van der Waals surface area contributed by atoms with Crippen LogP contribution in [0.1, 0.15) is 38.7 Å². The van der Waals surface area contributed by atoms with Crippen molar-refractivity contribution in [2.75, 3.05) is 20.1 Å². The molecule has 1 aromatic heterocycles. The molecule has 0 radical (unpaired) electrons. The van der Waals surface area contributed by atoms with Crippen LogP contribution in [0.25, 0.3) is 0 Å². The molecule has 19 heavy (non-hydrogen) atoms. The molecule has 1 heterocycles. The quantitative estimate of drug-likeness (QED) is 0.856. The van der Waals surface area contributed by atoms with Gasteiger partial charge in [-0.15, -0.1) is 0 Å². The lowest BCUT2D eigenvalue weighted by atomic mass is 9.78. The summed E-state index contributed by atoms with van der Waals surface area (Å²) in [6.45, 7) is 8.05. The molecule has 0 aliphatic heterocycles. The smallest absolute Gasteiger partial charge is 0.0239 e. The van der Waals surface area contributed by atoms with E-state index in [-0.39, 0.29) is 0 Å². The molecular formula is C16H28N2S. The highest BCUT2D eigenvalue weighted by Gasteiger charge is 2.28. The summed E-state index contributed by atoms with van der Waals surface area (Å²) in [7, 11) is 2.26. The average Bonchev–Trinajstić information content (AvgIpc) is 2.85. The Kier molecular flexibility index (Phi) is 5.86. The number of nitrogens with one attached hydrogen (secondary N) is 1. The van der Waals surface area contributed by atoms with Crippen molar-refractivity contribution >= 4 is 11.3 Å². The van der Waals surface area contributed by atoms with Crippen LogP contribution < -0.4 is 5.32 Å². The fourth-order valence-corrected chi connectivity index (χ4v) is 4.05. The van der Waals surface area contributed by atoms with Crippen LogP contribution in [0.15, 0.2) is 16.8 Å². The molecule has 0 bridgehead atoms. The first-order chi connectivity index (χ1) is 9.19. The second-order valence-electron chi connectivity index (χ2n) is 6.17. The number of rotatable bonds is 6. The van der Waals surface area contributed by atoms with Crippen LogP contribution in [0.5, 0.6) is 0 Å². The molecule has 1 saturated carbocycles. The summed E-state index contributed by atoms with van der Waals surface area (Å²) >= 11 is 1.80. The summed E-state index contributed by atoms with van der Waals surface area (Å²) in [5.41, 5.74) is 1.45. The summed E-state index contributed by atoms with van der Waals surface area (Å²) in [4.78, 5) is 2.50. The van der Waals surface area contributed by atoms with Crippen LogP contribution in [0.4, 0.5) is 0 Å². The molecule has 1 N–H and O–H groups in total. The summed E-state index contributed by atoms with van der Waals surface area (Å²) in [5.74, 6) is 1.71. The van der Waals surface area contributed by atoms with Gasteiger partial charge in [-0.05, 0) is 67.1 Å². The Morgan fingerprint density at radius 2 is 2.26 bits per heavy atom. The van der Waals surface area contributed by atoms with Gasteiger partial charge in [0.05, 0.1) is 0 Å². The maximum absolute atomic E-state index is 3.69. The SMILES string of the molecule is CCNC1CCC(C)CC1CN(C)Cc1ccsc1. The molecule has 1 aliphatic rings. The van der Waals surface area contributed by atoms with Crippen LogP contribution in [-0.4, -0.2) is 31.1 Å². The van der Waals surface area contributed by atoms with E-state index in [0.717, 1.165) is 31.0 Å². The van der Waals surface area contributed by atoms with E-state index in [1.54, 1.807) is 11.3 Å². The van der Waals surface area contributed by atoms with Gasteiger partial charge >= 0.3 is 0 Å². The maximum Gasteiger partial charge on any atom is 0.0239 e. The zero-order chi connectivity index (χ0) is 13.7. The second-order valence-corrected chi connectivity index (χ2v) is 6.95. The van der Waals surface area contributed by atoms with E-state index in [1.165, 1.54) is 31.4 Å². The molecule has 3 atom stereocenters. The number of hydrogen-bond donors (Lipinski definition) is 1. The van der Waals surface area contributed by atoms with Crippen molar-refractivity contribution < 1.29 is 0 Å². The summed E-state index contributed by atoms with van der Waals surface area (Å²) in [5, 5.41) is 8.13. The first kappa shape index (κ1) is 15.0. The molecule has 0 amide bonds. The molecule has 1 fully saturated rings. The lowest BCUT2D eigenvalue weighted by Gasteiger charge is -2.37. The molecule has 0 spiro atoms. The van der Waals surface area contributed by atoms with Gasteiger partial charge < -0.3 is 10.2 Å². The van der Waals surface area contributed by atoms with Gasteiger partial charge in [-0.1, -0.05) is 13.8 Å². The van der Waals surface area contributed by atoms with E-state index in [1.807, 2.05) is 0 Å². The molecule has 0 aromatic carbocycles. The van der Waals surface area contributed by atoms with Gasteiger partial charge in [0, 0.05) is 19.1 Å². The minimum Gasteiger partial charge on any atom is -0.314 e. The Hall–Kier alpha value is -0.380. The van der Waals surface area contributed by atoms with E-state index >= 15 is 0 Å². The van der Waals surface area contributed by atoms with Crippen molar-refractivity contribution in [1.29, 1.82) is 0 Å². The molecule has 3 unspecified atom stereocenters. The Balaban J connectivity index is 1.86. The van der Waals surface area contributed by atoms with Gasteiger partial charge in [-0.2, -0.15) is 11.3 Å². The molecule has 2 rings (SSSR count). The fraction of sp³-hybridized carbons (Fsp3) is 0.750. The van der Waals surface area contributed by atoms with Crippen LogP contribution >= 0.6 is 11.3 Å². The van der Waals surface area contributed by atoms with Crippen molar-refractivity contribution in [2.24, 2.45) is 11.8 Å². The third kappa shape index (κ3) is 4.59. The highest BCUT2D eigenvalue weighted by Crippen LogP contribution is 2.29. The van der Waals surface area contributed by atoms with Gasteiger partial charge in [0.15, 0.2) is 0 Å². The summed E-state index contributed by atoms with van der Waals surface area (Å²) in [6.07, 6.45) is 4.13.